The zero-order valence-electron chi connectivity index (χ0n) is 7.16. The Morgan fingerprint density at radius 1 is 1.54 bits per heavy atom. The van der Waals surface area contributed by atoms with Crippen LogP contribution >= 0.6 is 0 Å². The number of allylic oxidation sites excluding steroid dienone is 2. The van der Waals surface area contributed by atoms with E-state index in [2.05, 4.69) is 15.3 Å². The Hall–Kier alpha value is -1.58. The number of H-pyrrole nitrogens is 1. The zero-order chi connectivity index (χ0) is 9.10. The third-order valence-electron chi connectivity index (χ3n) is 2.12. The standard InChI is InChI=1S/C9H11N3O/c13-8(7-3-1-2-4-7)12-9-10-5-6-11-9/h1-2,5-7H,3-4H2,(H2,10,11,12,13). The number of amides is 1. The minimum atomic E-state index is 0.0416. The average molecular weight is 177 g/mol. The van der Waals surface area contributed by atoms with E-state index >= 15 is 0 Å². The van der Waals surface area contributed by atoms with Crippen LogP contribution in [0.5, 0.6) is 0 Å². The molecule has 2 N–H and O–H groups in total. The maximum Gasteiger partial charge on any atom is 0.230 e. The number of hydrogen-bond donors (Lipinski definition) is 2. The Morgan fingerprint density at radius 2 is 2.31 bits per heavy atom. The van der Waals surface area contributed by atoms with Crippen molar-refractivity contribution < 1.29 is 4.79 Å². The first-order valence-electron chi connectivity index (χ1n) is 4.31. The maximum atomic E-state index is 11.5. The third-order valence-corrected chi connectivity index (χ3v) is 2.12. The molecule has 0 saturated carbocycles. The molecule has 13 heavy (non-hydrogen) atoms. The summed E-state index contributed by atoms with van der Waals surface area (Å²) in [5.74, 6) is 0.655. The van der Waals surface area contributed by atoms with E-state index in [1.807, 2.05) is 12.2 Å². The number of aromatic nitrogens is 2. The summed E-state index contributed by atoms with van der Waals surface area (Å²) in [6, 6.07) is 0. The van der Waals surface area contributed by atoms with Crippen molar-refractivity contribution in [3.63, 3.8) is 0 Å². The van der Waals surface area contributed by atoms with Crippen LogP contribution in [0.3, 0.4) is 0 Å². The van der Waals surface area contributed by atoms with Crippen molar-refractivity contribution in [3.05, 3.63) is 24.5 Å². The predicted molar refractivity (Wildman–Crippen MR) is 49.1 cm³/mol. The van der Waals surface area contributed by atoms with Crippen LogP contribution in [0, 0.1) is 5.92 Å². The van der Waals surface area contributed by atoms with Crippen molar-refractivity contribution in [2.75, 3.05) is 5.32 Å². The van der Waals surface area contributed by atoms with Gasteiger partial charge in [-0.2, -0.15) is 0 Å². The lowest BCUT2D eigenvalue weighted by molar-refractivity contribution is -0.119. The van der Waals surface area contributed by atoms with Crippen LogP contribution in [0.2, 0.25) is 0 Å². The van der Waals surface area contributed by atoms with Gasteiger partial charge in [-0.05, 0) is 12.8 Å². The first-order chi connectivity index (χ1) is 6.36. The lowest BCUT2D eigenvalue weighted by atomic mass is 10.1. The van der Waals surface area contributed by atoms with Gasteiger partial charge in [-0.25, -0.2) is 4.98 Å². The van der Waals surface area contributed by atoms with Crippen LogP contribution < -0.4 is 5.32 Å². The summed E-state index contributed by atoms with van der Waals surface area (Å²) in [6.45, 7) is 0. The summed E-state index contributed by atoms with van der Waals surface area (Å²) < 4.78 is 0. The summed E-state index contributed by atoms with van der Waals surface area (Å²) in [5.41, 5.74) is 0. The number of nitrogens with zero attached hydrogens (tertiary/aromatic N) is 1. The molecule has 0 atom stereocenters. The van der Waals surface area contributed by atoms with E-state index in [1.165, 1.54) is 0 Å². The first-order valence-corrected chi connectivity index (χ1v) is 4.31. The van der Waals surface area contributed by atoms with Crippen molar-refractivity contribution in [2.45, 2.75) is 12.8 Å². The number of anilines is 1. The van der Waals surface area contributed by atoms with Gasteiger partial charge < -0.3 is 4.98 Å². The number of aromatic amines is 1. The number of rotatable bonds is 2. The monoisotopic (exact) mass is 177 g/mol. The first kappa shape index (κ1) is 8.04. The van der Waals surface area contributed by atoms with Gasteiger partial charge in [-0.15, -0.1) is 0 Å². The molecule has 0 aromatic carbocycles. The average Bonchev–Trinajstić information content (AvgIpc) is 2.74. The van der Waals surface area contributed by atoms with Crippen LogP contribution in [0.25, 0.3) is 0 Å². The molecule has 1 aromatic rings. The second kappa shape index (κ2) is 3.43. The van der Waals surface area contributed by atoms with Crippen molar-refractivity contribution in [3.8, 4) is 0 Å². The summed E-state index contributed by atoms with van der Waals surface area (Å²) in [7, 11) is 0. The molecule has 1 amide bonds. The predicted octanol–water partition coefficient (Wildman–Crippen LogP) is 1.31. The van der Waals surface area contributed by atoms with E-state index in [-0.39, 0.29) is 11.8 Å². The van der Waals surface area contributed by atoms with Crippen LogP contribution in [0.4, 0.5) is 5.95 Å². The highest BCUT2D eigenvalue weighted by molar-refractivity contribution is 5.91. The lowest BCUT2D eigenvalue weighted by Gasteiger charge is -2.07. The lowest BCUT2D eigenvalue weighted by Crippen LogP contribution is -2.21. The number of nitrogens with one attached hydrogen (secondary N) is 2. The Balaban J connectivity index is 1.92. The minimum absolute atomic E-state index is 0.0416. The van der Waals surface area contributed by atoms with Crippen molar-refractivity contribution >= 4 is 11.9 Å². The summed E-state index contributed by atoms with van der Waals surface area (Å²) >= 11 is 0. The molecule has 0 bridgehead atoms. The quantitative estimate of drug-likeness (QED) is 0.669. The molecule has 1 aliphatic carbocycles. The fourth-order valence-electron chi connectivity index (χ4n) is 1.38. The molecule has 1 aliphatic rings. The number of carbonyl (C=O) groups excluding carboxylic acids is 1. The van der Waals surface area contributed by atoms with Gasteiger partial charge in [0.1, 0.15) is 0 Å². The van der Waals surface area contributed by atoms with E-state index in [9.17, 15) is 4.79 Å². The third kappa shape index (κ3) is 1.77. The van der Waals surface area contributed by atoms with Gasteiger partial charge >= 0.3 is 0 Å². The fraction of sp³-hybridized carbons (Fsp3) is 0.333. The molecule has 4 nitrogen and oxygen atoms in total. The topological polar surface area (TPSA) is 57.8 Å². The fourth-order valence-corrected chi connectivity index (χ4v) is 1.38. The molecule has 0 unspecified atom stereocenters. The minimum Gasteiger partial charge on any atom is -0.331 e. The van der Waals surface area contributed by atoms with Gasteiger partial charge in [0.15, 0.2) is 0 Å². The summed E-state index contributed by atoms with van der Waals surface area (Å²) in [5, 5.41) is 2.72. The molecule has 0 radical (unpaired) electrons. The summed E-state index contributed by atoms with van der Waals surface area (Å²) in [4.78, 5) is 18.2. The number of hydrogen-bond acceptors (Lipinski definition) is 2. The molecule has 0 saturated heterocycles. The van der Waals surface area contributed by atoms with Crippen LogP contribution in [0.15, 0.2) is 24.5 Å². The van der Waals surface area contributed by atoms with E-state index in [0.29, 0.717) is 5.95 Å². The molecule has 68 valence electrons. The van der Waals surface area contributed by atoms with E-state index in [0.717, 1.165) is 12.8 Å². The van der Waals surface area contributed by atoms with Gasteiger partial charge in [-0.1, -0.05) is 12.2 Å². The number of imidazole rings is 1. The van der Waals surface area contributed by atoms with Gasteiger partial charge in [0.05, 0.1) is 0 Å². The Bertz CT molecular complexity index is 308. The highest BCUT2D eigenvalue weighted by atomic mass is 16.2. The van der Waals surface area contributed by atoms with Gasteiger partial charge in [0.25, 0.3) is 0 Å². The second-order valence-corrected chi connectivity index (χ2v) is 3.07. The van der Waals surface area contributed by atoms with E-state index in [1.54, 1.807) is 12.4 Å². The zero-order valence-corrected chi connectivity index (χ0v) is 7.16. The molecule has 4 heteroatoms. The highest BCUT2D eigenvalue weighted by Gasteiger charge is 2.19. The molecular weight excluding hydrogens is 166 g/mol. The van der Waals surface area contributed by atoms with E-state index < -0.39 is 0 Å². The van der Waals surface area contributed by atoms with Crippen LogP contribution in [0.1, 0.15) is 12.8 Å². The summed E-state index contributed by atoms with van der Waals surface area (Å²) in [6.07, 6.45) is 9.04. The SMILES string of the molecule is O=C(Nc1ncc[nH]1)C1CC=CC1. The molecule has 0 aliphatic heterocycles. The Kier molecular flexibility index (Phi) is 2.12. The molecule has 2 rings (SSSR count). The van der Waals surface area contributed by atoms with Crippen LogP contribution in [-0.4, -0.2) is 15.9 Å². The van der Waals surface area contributed by atoms with Gasteiger partial charge in [0, 0.05) is 18.3 Å². The number of carbonyl (C=O) groups is 1. The Labute approximate surface area is 76.1 Å². The highest BCUT2D eigenvalue weighted by Crippen LogP contribution is 2.18. The molecular formula is C9H11N3O. The van der Waals surface area contributed by atoms with Gasteiger partial charge in [0.2, 0.25) is 11.9 Å². The second-order valence-electron chi connectivity index (χ2n) is 3.07. The van der Waals surface area contributed by atoms with Crippen LogP contribution in [-0.2, 0) is 4.79 Å². The smallest absolute Gasteiger partial charge is 0.230 e. The van der Waals surface area contributed by atoms with Gasteiger partial charge in [-0.3, -0.25) is 10.1 Å². The molecule has 0 fully saturated rings. The largest absolute Gasteiger partial charge is 0.331 e. The van der Waals surface area contributed by atoms with Crippen molar-refractivity contribution in [1.82, 2.24) is 9.97 Å². The molecule has 0 spiro atoms. The van der Waals surface area contributed by atoms with Crippen molar-refractivity contribution in [1.29, 1.82) is 0 Å². The normalized spacial score (nSPS) is 16.3. The molecule has 1 aromatic heterocycles. The molecule has 1 heterocycles. The maximum absolute atomic E-state index is 11.5. The van der Waals surface area contributed by atoms with Crippen molar-refractivity contribution in [2.24, 2.45) is 5.92 Å². The van der Waals surface area contributed by atoms with E-state index in [4.69, 9.17) is 0 Å². The Morgan fingerprint density at radius 3 is 2.92 bits per heavy atom.